The lowest BCUT2D eigenvalue weighted by molar-refractivity contribution is 0.669. The molecule has 220 valence electrons. The minimum absolute atomic E-state index is 0.652. The molecule has 0 aliphatic heterocycles. The molecule has 0 N–H and O–H groups in total. The molecule has 4 nitrogen and oxygen atoms in total. The van der Waals surface area contributed by atoms with Crippen molar-refractivity contribution in [2.75, 3.05) is 0 Å². The van der Waals surface area contributed by atoms with Gasteiger partial charge in [0.05, 0.1) is 0 Å². The van der Waals surface area contributed by atoms with E-state index in [1.807, 2.05) is 72.8 Å². The van der Waals surface area contributed by atoms with Gasteiger partial charge < -0.3 is 4.42 Å². The van der Waals surface area contributed by atoms with Gasteiger partial charge in [-0.2, -0.15) is 0 Å². The van der Waals surface area contributed by atoms with Crippen LogP contribution in [0.5, 0.6) is 0 Å². The minimum Gasteiger partial charge on any atom is -0.456 e. The van der Waals surface area contributed by atoms with Gasteiger partial charge in [-0.05, 0) is 69.4 Å². The van der Waals surface area contributed by atoms with Gasteiger partial charge in [0.25, 0.3) is 0 Å². The zero-order valence-corrected chi connectivity index (χ0v) is 25.3. The Bertz CT molecular complexity index is 2510. The van der Waals surface area contributed by atoms with Gasteiger partial charge in [0.15, 0.2) is 17.5 Å². The fourth-order valence-corrected chi connectivity index (χ4v) is 6.29. The van der Waals surface area contributed by atoms with Gasteiger partial charge in [-0.15, -0.1) is 0 Å². The van der Waals surface area contributed by atoms with E-state index in [0.717, 1.165) is 49.4 Å². The summed E-state index contributed by atoms with van der Waals surface area (Å²) in [5, 5.41) is 4.56. The van der Waals surface area contributed by atoms with E-state index in [9.17, 15) is 0 Å². The average Bonchev–Trinajstić information content (AvgIpc) is 3.53. The van der Waals surface area contributed by atoms with Crippen molar-refractivity contribution in [3.05, 3.63) is 164 Å². The van der Waals surface area contributed by atoms with Crippen LogP contribution in [0.2, 0.25) is 0 Å². The Morgan fingerprint density at radius 3 is 1.45 bits per heavy atom. The van der Waals surface area contributed by atoms with Crippen molar-refractivity contribution in [3.8, 4) is 56.4 Å². The zero-order valence-electron chi connectivity index (χ0n) is 25.3. The number of hydrogen-bond acceptors (Lipinski definition) is 4. The van der Waals surface area contributed by atoms with Gasteiger partial charge >= 0.3 is 0 Å². The number of furan rings is 1. The molecule has 0 unspecified atom stereocenters. The predicted molar refractivity (Wildman–Crippen MR) is 192 cm³/mol. The highest BCUT2D eigenvalue weighted by molar-refractivity contribution is 6.06. The SMILES string of the molecule is c1ccc(-c2nc(-c3ccccc3)nc(-c3ccc4cc(-c5cccc(-c6ccc7oc8ccccc8c7c6)c5)ccc4c3)n2)cc1. The first-order valence-corrected chi connectivity index (χ1v) is 15.7. The predicted octanol–water partition coefficient (Wildman–Crippen LogP) is 11.3. The molecule has 0 saturated carbocycles. The van der Waals surface area contributed by atoms with Crippen LogP contribution in [0.15, 0.2) is 168 Å². The Hall–Kier alpha value is -6.39. The smallest absolute Gasteiger partial charge is 0.164 e. The summed E-state index contributed by atoms with van der Waals surface area (Å²) in [4.78, 5) is 14.7. The maximum Gasteiger partial charge on any atom is 0.164 e. The fraction of sp³-hybridized carbons (Fsp3) is 0. The highest BCUT2D eigenvalue weighted by Crippen LogP contribution is 2.35. The number of nitrogens with zero attached hydrogens (tertiary/aromatic N) is 3. The lowest BCUT2D eigenvalue weighted by Gasteiger charge is -2.10. The largest absolute Gasteiger partial charge is 0.456 e. The average molecular weight is 602 g/mol. The maximum absolute atomic E-state index is 6.05. The van der Waals surface area contributed by atoms with Crippen molar-refractivity contribution in [2.45, 2.75) is 0 Å². The van der Waals surface area contributed by atoms with Gasteiger partial charge in [0, 0.05) is 27.5 Å². The number of hydrogen-bond donors (Lipinski definition) is 0. The summed E-state index contributed by atoms with van der Waals surface area (Å²) >= 11 is 0. The first kappa shape index (κ1) is 27.0. The van der Waals surface area contributed by atoms with E-state index in [1.165, 1.54) is 22.3 Å². The molecule has 9 rings (SSSR count). The first-order chi connectivity index (χ1) is 23.2. The molecule has 7 aromatic carbocycles. The molecule has 0 saturated heterocycles. The van der Waals surface area contributed by atoms with Crippen LogP contribution in [0.1, 0.15) is 0 Å². The molecule has 0 spiro atoms. The normalized spacial score (nSPS) is 11.4. The van der Waals surface area contributed by atoms with E-state index in [4.69, 9.17) is 19.4 Å². The van der Waals surface area contributed by atoms with Crippen molar-refractivity contribution in [1.29, 1.82) is 0 Å². The number of para-hydroxylation sites is 1. The number of fused-ring (bicyclic) bond motifs is 4. The van der Waals surface area contributed by atoms with E-state index in [1.54, 1.807) is 0 Å². The second-order valence-corrected chi connectivity index (χ2v) is 11.7. The molecular weight excluding hydrogens is 574 g/mol. The zero-order chi connectivity index (χ0) is 31.2. The summed E-state index contributed by atoms with van der Waals surface area (Å²) in [6, 6.07) is 56.6. The standard InChI is InChI=1S/C43H27N3O/c1-3-10-28(11-4-1)41-44-42(29-12-5-2-6-13-29)46-43(45-41)36-21-20-33-25-32(18-19-34(33)26-36)30-14-9-15-31(24-30)35-22-23-40-38(27-35)37-16-7-8-17-39(37)47-40/h1-27H. The van der Waals surface area contributed by atoms with Crippen LogP contribution >= 0.6 is 0 Å². The summed E-state index contributed by atoms with van der Waals surface area (Å²) in [6.45, 7) is 0. The van der Waals surface area contributed by atoms with Gasteiger partial charge in [0.2, 0.25) is 0 Å². The third kappa shape index (κ3) is 5.02. The van der Waals surface area contributed by atoms with E-state index < -0.39 is 0 Å². The molecule has 0 atom stereocenters. The van der Waals surface area contributed by atoms with Crippen LogP contribution < -0.4 is 0 Å². The van der Waals surface area contributed by atoms with Crippen LogP contribution in [0.25, 0.3) is 89.1 Å². The maximum atomic E-state index is 6.05. The molecule has 0 radical (unpaired) electrons. The van der Waals surface area contributed by atoms with E-state index in [0.29, 0.717) is 17.5 Å². The summed E-state index contributed by atoms with van der Waals surface area (Å²) in [5.41, 5.74) is 9.36. The molecule has 9 aromatic rings. The van der Waals surface area contributed by atoms with Gasteiger partial charge in [-0.25, -0.2) is 15.0 Å². The molecule has 4 heteroatoms. The van der Waals surface area contributed by atoms with Crippen LogP contribution in [-0.4, -0.2) is 15.0 Å². The van der Waals surface area contributed by atoms with Crippen LogP contribution in [0, 0.1) is 0 Å². The molecule has 0 aliphatic carbocycles. The van der Waals surface area contributed by atoms with Crippen LogP contribution in [0.3, 0.4) is 0 Å². The molecule has 0 fully saturated rings. The molecule has 0 amide bonds. The summed E-state index contributed by atoms with van der Waals surface area (Å²) in [5.74, 6) is 1.97. The van der Waals surface area contributed by atoms with Crippen molar-refractivity contribution in [2.24, 2.45) is 0 Å². The van der Waals surface area contributed by atoms with Gasteiger partial charge in [-0.3, -0.25) is 0 Å². The third-order valence-corrected chi connectivity index (χ3v) is 8.70. The van der Waals surface area contributed by atoms with Crippen molar-refractivity contribution in [3.63, 3.8) is 0 Å². The molecule has 47 heavy (non-hydrogen) atoms. The highest BCUT2D eigenvalue weighted by atomic mass is 16.3. The van der Waals surface area contributed by atoms with Gasteiger partial charge in [0.1, 0.15) is 11.2 Å². The number of aromatic nitrogens is 3. The fourth-order valence-electron chi connectivity index (χ4n) is 6.29. The molecular formula is C43H27N3O. The van der Waals surface area contributed by atoms with E-state index in [2.05, 4.69) is 91.0 Å². The Kier molecular flexibility index (Phi) is 6.43. The topological polar surface area (TPSA) is 51.8 Å². The molecule has 0 aliphatic rings. The van der Waals surface area contributed by atoms with Crippen LogP contribution in [-0.2, 0) is 0 Å². The number of benzene rings is 7. The summed E-state index contributed by atoms with van der Waals surface area (Å²) in [6.07, 6.45) is 0. The minimum atomic E-state index is 0.652. The highest BCUT2D eigenvalue weighted by Gasteiger charge is 2.13. The molecule has 2 aromatic heterocycles. The van der Waals surface area contributed by atoms with Crippen molar-refractivity contribution < 1.29 is 4.42 Å². The van der Waals surface area contributed by atoms with Crippen LogP contribution in [0.4, 0.5) is 0 Å². The second kappa shape index (κ2) is 11.2. The third-order valence-electron chi connectivity index (χ3n) is 8.70. The number of rotatable bonds is 5. The van der Waals surface area contributed by atoms with E-state index in [-0.39, 0.29) is 0 Å². The summed E-state index contributed by atoms with van der Waals surface area (Å²) < 4.78 is 6.05. The first-order valence-electron chi connectivity index (χ1n) is 15.7. The summed E-state index contributed by atoms with van der Waals surface area (Å²) in [7, 11) is 0. The van der Waals surface area contributed by atoms with Crippen molar-refractivity contribution >= 4 is 32.7 Å². The Balaban J connectivity index is 1.08. The Morgan fingerprint density at radius 1 is 0.298 bits per heavy atom. The quantitative estimate of drug-likeness (QED) is 0.197. The van der Waals surface area contributed by atoms with E-state index >= 15 is 0 Å². The monoisotopic (exact) mass is 601 g/mol. The Labute approximate surface area is 271 Å². The Morgan fingerprint density at radius 2 is 0.766 bits per heavy atom. The molecule has 0 bridgehead atoms. The molecule has 2 heterocycles. The lowest BCUT2D eigenvalue weighted by Crippen LogP contribution is -2.00. The lowest BCUT2D eigenvalue weighted by atomic mass is 9.96. The second-order valence-electron chi connectivity index (χ2n) is 11.7. The van der Waals surface area contributed by atoms with Gasteiger partial charge in [-0.1, -0.05) is 127 Å². The van der Waals surface area contributed by atoms with Crippen molar-refractivity contribution in [1.82, 2.24) is 15.0 Å².